The van der Waals surface area contributed by atoms with E-state index in [1.807, 2.05) is 24.3 Å². The quantitative estimate of drug-likeness (QED) is 0.579. The molecule has 0 amide bonds. The fraction of sp³-hybridized carbons (Fsp3) is 0.250. The molecule has 0 aromatic heterocycles. The van der Waals surface area contributed by atoms with E-state index >= 15 is 0 Å². The van der Waals surface area contributed by atoms with Gasteiger partial charge in [-0.05, 0) is 37.0 Å². The van der Waals surface area contributed by atoms with E-state index in [0.29, 0.717) is 12.2 Å². The lowest BCUT2D eigenvalue weighted by Crippen LogP contribution is -2.13. The van der Waals surface area contributed by atoms with Crippen molar-refractivity contribution in [3.05, 3.63) is 66.2 Å². The second-order valence-electron chi connectivity index (χ2n) is 4.60. The van der Waals surface area contributed by atoms with E-state index in [0.717, 1.165) is 12.8 Å². The Labute approximate surface area is 120 Å². The van der Waals surface area contributed by atoms with Gasteiger partial charge in [0.2, 0.25) is 0 Å². The Morgan fingerprint density at radius 2 is 1.40 bits per heavy atom. The van der Waals surface area contributed by atoms with E-state index in [-0.39, 0.29) is 5.75 Å². The van der Waals surface area contributed by atoms with E-state index < -0.39 is 10.1 Å². The maximum atomic E-state index is 11.8. The molecule has 0 radical (unpaired) electrons. The Morgan fingerprint density at radius 3 is 2.05 bits per heavy atom. The molecule has 2 rings (SSSR count). The molecular weight excluding hydrogens is 272 g/mol. The van der Waals surface area contributed by atoms with Crippen LogP contribution in [0.5, 0.6) is 5.75 Å². The molecule has 0 fully saturated rings. The van der Waals surface area contributed by atoms with Crippen LogP contribution in [-0.4, -0.2) is 14.2 Å². The van der Waals surface area contributed by atoms with Gasteiger partial charge < -0.3 is 4.18 Å². The van der Waals surface area contributed by atoms with Crippen molar-refractivity contribution < 1.29 is 12.6 Å². The van der Waals surface area contributed by atoms with Gasteiger partial charge in [-0.25, -0.2) is 0 Å². The van der Waals surface area contributed by atoms with Gasteiger partial charge in [-0.1, -0.05) is 48.5 Å². The Morgan fingerprint density at radius 1 is 0.800 bits per heavy atom. The van der Waals surface area contributed by atoms with Gasteiger partial charge in [0.05, 0.1) is 5.75 Å². The van der Waals surface area contributed by atoms with E-state index in [4.69, 9.17) is 4.18 Å². The molecule has 0 unspecified atom stereocenters. The summed E-state index contributed by atoms with van der Waals surface area (Å²) in [5.41, 5.74) is 1.23. The SMILES string of the molecule is O=S(=O)(CCCCc1ccccc1)Oc1ccccc1. The first-order valence-corrected chi connectivity index (χ1v) is 8.25. The minimum Gasteiger partial charge on any atom is -0.382 e. The summed E-state index contributed by atoms with van der Waals surface area (Å²) in [6.07, 6.45) is 2.33. The third-order valence-electron chi connectivity index (χ3n) is 2.92. The molecule has 4 heteroatoms. The first kappa shape index (κ1) is 14.6. The monoisotopic (exact) mass is 290 g/mol. The molecule has 0 heterocycles. The zero-order valence-electron chi connectivity index (χ0n) is 11.2. The van der Waals surface area contributed by atoms with Gasteiger partial charge in [0, 0.05) is 0 Å². The van der Waals surface area contributed by atoms with Gasteiger partial charge in [0.25, 0.3) is 0 Å². The molecule has 20 heavy (non-hydrogen) atoms. The van der Waals surface area contributed by atoms with Crippen molar-refractivity contribution in [3.63, 3.8) is 0 Å². The summed E-state index contributed by atoms with van der Waals surface area (Å²) >= 11 is 0. The van der Waals surface area contributed by atoms with E-state index in [1.165, 1.54) is 5.56 Å². The maximum Gasteiger partial charge on any atom is 0.309 e. The van der Waals surface area contributed by atoms with Crippen molar-refractivity contribution in [1.29, 1.82) is 0 Å². The lowest BCUT2D eigenvalue weighted by molar-refractivity contribution is 0.483. The molecule has 0 spiro atoms. The second kappa shape index (κ2) is 7.10. The fourth-order valence-electron chi connectivity index (χ4n) is 1.92. The van der Waals surface area contributed by atoms with Crippen LogP contribution in [0, 0.1) is 0 Å². The fourth-order valence-corrected chi connectivity index (χ4v) is 2.96. The van der Waals surface area contributed by atoms with Crippen molar-refractivity contribution in [2.75, 3.05) is 5.75 Å². The highest BCUT2D eigenvalue weighted by Crippen LogP contribution is 2.13. The van der Waals surface area contributed by atoms with Crippen LogP contribution >= 0.6 is 0 Å². The number of aryl methyl sites for hydroxylation is 1. The third kappa shape index (κ3) is 5.05. The molecule has 0 aliphatic carbocycles. The Kier molecular flexibility index (Phi) is 5.18. The smallest absolute Gasteiger partial charge is 0.309 e. The second-order valence-corrected chi connectivity index (χ2v) is 6.29. The largest absolute Gasteiger partial charge is 0.382 e. The molecule has 0 saturated carbocycles. The van der Waals surface area contributed by atoms with Crippen molar-refractivity contribution in [2.24, 2.45) is 0 Å². The lowest BCUT2D eigenvalue weighted by atomic mass is 10.1. The number of para-hydroxylation sites is 1. The van der Waals surface area contributed by atoms with Crippen molar-refractivity contribution in [3.8, 4) is 5.75 Å². The van der Waals surface area contributed by atoms with Crippen molar-refractivity contribution in [2.45, 2.75) is 19.3 Å². The lowest BCUT2D eigenvalue weighted by Gasteiger charge is -2.06. The van der Waals surface area contributed by atoms with E-state index in [2.05, 4.69) is 12.1 Å². The molecule has 0 N–H and O–H groups in total. The first-order chi connectivity index (χ1) is 9.66. The van der Waals surface area contributed by atoms with Crippen molar-refractivity contribution >= 4 is 10.1 Å². The molecular formula is C16H18O3S. The Balaban J connectivity index is 1.76. The molecule has 0 bridgehead atoms. The topological polar surface area (TPSA) is 43.4 Å². The first-order valence-electron chi connectivity index (χ1n) is 6.67. The van der Waals surface area contributed by atoms with Crippen LogP contribution in [0.1, 0.15) is 18.4 Å². The average molecular weight is 290 g/mol. The van der Waals surface area contributed by atoms with Crippen LogP contribution in [0.25, 0.3) is 0 Å². The molecule has 0 aliphatic rings. The number of hydrogen-bond donors (Lipinski definition) is 0. The zero-order chi connectivity index (χ0) is 14.3. The normalized spacial score (nSPS) is 11.2. The molecule has 0 atom stereocenters. The predicted octanol–water partition coefficient (Wildman–Crippen LogP) is 3.42. The summed E-state index contributed by atoms with van der Waals surface area (Å²) in [7, 11) is -3.49. The van der Waals surface area contributed by atoms with Crippen LogP contribution in [-0.2, 0) is 16.5 Å². The minimum absolute atomic E-state index is 0.0503. The van der Waals surface area contributed by atoms with Gasteiger partial charge in [0.15, 0.2) is 0 Å². The summed E-state index contributed by atoms with van der Waals surface area (Å²) in [6, 6.07) is 18.7. The van der Waals surface area contributed by atoms with Gasteiger partial charge in [-0.2, -0.15) is 8.42 Å². The zero-order valence-corrected chi connectivity index (χ0v) is 12.1. The van der Waals surface area contributed by atoms with Crippen LogP contribution < -0.4 is 4.18 Å². The Bertz CT molecular complexity index is 607. The summed E-state index contributed by atoms with van der Waals surface area (Å²) in [6.45, 7) is 0. The highest BCUT2D eigenvalue weighted by atomic mass is 32.2. The third-order valence-corrected chi connectivity index (χ3v) is 4.15. The number of unbranched alkanes of at least 4 members (excludes halogenated alkanes) is 1. The molecule has 2 aromatic carbocycles. The number of hydrogen-bond acceptors (Lipinski definition) is 3. The Hall–Kier alpha value is -1.81. The summed E-state index contributed by atoms with van der Waals surface area (Å²) in [5.74, 6) is 0.421. The van der Waals surface area contributed by atoms with Gasteiger partial charge in [-0.3, -0.25) is 0 Å². The molecule has 2 aromatic rings. The highest BCUT2D eigenvalue weighted by molar-refractivity contribution is 7.87. The molecule has 3 nitrogen and oxygen atoms in total. The van der Waals surface area contributed by atoms with Crippen LogP contribution in [0.4, 0.5) is 0 Å². The minimum atomic E-state index is -3.49. The number of rotatable bonds is 7. The van der Waals surface area contributed by atoms with Crippen LogP contribution in [0.2, 0.25) is 0 Å². The number of benzene rings is 2. The molecule has 106 valence electrons. The summed E-state index contributed by atoms with van der Waals surface area (Å²) < 4.78 is 28.6. The molecule has 0 aliphatic heterocycles. The standard InChI is InChI=1S/C16H18O3S/c17-20(18,19-16-12-5-2-6-13-16)14-8-7-11-15-9-3-1-4-10-15/h1-6,9-10,12-13H,7-8,11,14H2. The predicted molar refractivity (Wildman–Crippen MR) is 80.2 cm³/mol. The van der Waals surface area contributed by atoms with Crippen LogP contribution in [0.3, 0.4) is 0 Å². The maximum absolute atomic E-state index is 11.8. The summed E-state index contributed by atoms with van der Waals surface area (Å²) in [4.78, 5) is 0. The highest BCUT2D eigenvalue weighted by Gasteiger charge is 2.11. The van der Waals surface area contributed by atoms with Crippen LogP contribution in [0.15, 0.2) is 60.7 Å². The average Bonchev–Trinajstić information content (AvgIpc) is 2.45. The van der Waals surface area contributed by atoms with Crippen molar-refractivity contribution in [1.82, 2.24) is 0 Å². The van der Waals surface area contributed by atoms with E-state index in [9.17, 15) is 8.42 Å². The van der Waals surface area contributed by atoms with Gasteiger partial charge >= 0.3 is 10.1 Å². The summed E-state index contributed by atoms with van der Waals surface area (Å²) in [5, 5.41) is 0. The van der Waals surface area contributed by atoms with E-state index in [1.54, 1.807) is 24.3 Å². The van der Waals surface area contributed by atoms with Gasteiger partial charge in [-0.15, -0.1) is 0 Å². The molecule has 0 saturated heterocycles. The van der Waals surface area contributed by atoms with Gasteiger partial charge in [0.1, 0.15) is 5.75 Å².